The summed E-state index contributed by atoms with van der Waals surface area (Å²) in [7, 11) is 3.59. The summed E-state index contributed by atoms with van der Waals surface area (Å²) in [6.07, 6.45) is 3.87. The predicted molar refractivity (Wildman–Crippen MR) is 79.8 cm³/mol. The van der Waals surface area contributed by atoms with Gasteiger partial charge in [0, 0.05) is 12.6 Å². The fourth-order valence-electron chi connectivity index (χ4n) is 2.62. The molecule has 0 aliphatic carbocycles. The van der Waals surface area contributed by atoms with Crippen LogP contribution in [0.3, 0.4) is 0 Å². The predicted octanol–water partition coefficient (Wildman–Crippen LogP) is 1.42. The molecule has 2 unspecified atom stereocenters. The molecule has 5 nitrogen and oxygen atoms in total. The maximum atomic E-state index is 12.0. The Kier molecular flexibility index (Phi) is 7.48. The van der Waals surface area contributed by atoms with Gasteiger partial charge in [-0.25, -0.2) is 0 Å². The van der Waals surface area contributed by atoms with Gasteiger partial charge in [0.2, 0.25) is 0 Å². The van der Waals surface area contributed by atoms with Gasteiger partial charge < -0.3 is 19.7 Å². The Morgan fingerprint density at radius 1 is 1.55 bits per heavy atom. The molecule has 1 fully saturated rings. The Hall–Kier alpha value is -0.650. The van der Waals surface area contributed by atoms with Crippen LogP contribution in [-0.2, 0) is 14.3 Å². The average molecular weight is 286 g/mol. The second-order valence-electron chi connectivity index (χ2n) is 5.85. The Morgan fingerprint density at radius 3 is 2.85 bits per heavy atom. The molecule has 0 saturated carbocycles. The smallest absolute Gasteiger partial charge is 0.325 e. The molecule has 0 spiro atoms. The summed E-state index contributed by atoms with van der Waals surface area (Å²) >= 11 is 0. The van der Waals surface area contributed by atoms with Crippen LogP contribution in [0, 0.1) is 0 Å². The zero-order chi connectivity index (χ0) is 15.0. The maximum absolute atomic E-state index is 12.0. The van der Waals surface area contributed by atoms with E-state index in [0.29, 0.717) is 6.04 Å². The van der Waals surface area contributed by atoms with Crippen molar-refractivity contribution in [1.29, 1.82) is 0 Å². The first-order valence-corrected chi connectivity index (χ1v) is 7.65. The standard InChI is InChI=1S/C15H30N2O3/c1-5-9-16-15(2,14(18)19-4)8-6-10-17(3)13-7-11-20-12-13/h13,16H,5-12H2,1-4H3. The van der Waals surface area contributed by atoms with Crippen LogP contribution in [0.25, 0.3) is 0 Å². The summed E-state index contributed by atoms with van der Waals surface area (Å²) in [6.45, 7) is 7.55. The third kappa shape index (κ3) is 5.04. The van der Waals surface area contributed by atoms with E-state index in [4.69, 9.17) is 9.47 Å². The van der Waals surface area contributed by atoms with E-state index in [1.165, 1.54) is 7.11 Å². The number of ether oxygens (including phenoxy) is 2. The van der Waals surface area contributed by atoms with Gasteiger partial charge in [-0.05, 0) is 52.7 Å². The minimum absolute atomic E-state index is 0.169. The highest BCUT2D eigenvalue weighted by Crippen LogP contribution is 2.17. The van der Waals surface area contributed by atoms with Gasteiger partial charge in [-0.15, -0.1) is 0 Å². The fourth-order valence-corrected chi connectivity index (χ4v) is 2.62. The van der Waals surface area contributed by atoms with Gasteiger partial charge in [0.1, 0.15) is 5.54 Å². The first-order valence-electron chi connectivity index (χ1n) is 7.65. The lowest BCUT2D eigenvalue weighted by molar-refractivity contribution is -0.148. The van der Waals surface area contributed by atoms with E-state index in [1.54, 1.807) is 0 Å². The van der Waals surface area contributed by atoms with Crippen molar-refractivity contribution < 1.29 is 14.3 Å². The molecule has 1 heterocycles. The molecule has 5 heteroatoms. The Morgan fingerprint density at radius 2 is 2.30 bits per heavy atom. The molecule has 0 radical (unpaired) electrons. The number of likely N-dealkylation sites (N-methyl/N-ethyl adjacent to an activating group) is 1. The van der Waals surface area contributed by atoms with Crippen molar-refractivity contribution in [2.75, 3.05) is 40.5 Å². The topological polar surface area (TPSA) is 50.8 Å². The highest BCUT2D eigenvalue weighted by molar-refractivity contribution is 5.80. The third-order valence-corrected chi connectivity index (χ3v) is 4.12. The highest BCUT2D eigenvalue weighted by atomic mass is 16.5. The largest absolute Gasteiger partial charge is 0.468 e. The van der Waals surface area contributed by atoms with Gasteiger partial charge in [0.15, 0.2) is 0 Å². The van der Waals surface area contributed by atoms with Crippen molar-refractivity contribution in [2.45, 2.75) is 51.1 Å². The highest BCUT2D eigenvalue weighted by Gasteiger charge is 2.33. The van der Waals surface area contributed by atoms with E-state index in [1.807, 2.05) is 6.92 Å². The molecular formula is C15H30N2O3. The van der Waals surface area contributed by atoms with Gasteiger partial charge in [-0.1, -0.05) is 6.92 Å². The van der Waals surface area contributed by atoms with Gasteiger partial charge in [-0.3, -0.25) is 4.79 Å². The molecule has 118 valence electrons. The summed E-state index contributed by atoms with van der Waals surface area (Å²) in [4.78, 5) is 14.3. The normalized spacial score (nSPS) is 21.9. The summed E-state index contributed by atoms with van der Waals surface area (Å²) in [5, 5.41) is 3.32. The number of carbonyl (C=O) groups is 1. The Bertz CT molecular complexity index is 293. The van der Waals surface area contributed by atoms with Crippen molar-refractivity contribution in [3.63, 3.8) is 0 Å². The van der Waals surface area contributed by atoms with Crippen LogP contribution in [0.2, 0.25) is 0 Å². The number of rotatable bonds is 9. The second kappa shape index (κ2) is 8.60. The van der Waals surface area contributed by atoms with Crippen molar-refractivity contribution in [1.82, 2.24) is 10.2 Å². The average Bonchev–Trinajstić information content (AvgIpc) is 2.98. The molecule has 0 amide bonds. The van der Waals surface area contributed by atoms with Crippen LogP contribution in [0.4, 0.5) is 0 Å². The van der Waals surface area contributed by atoms with Crippen LogP contribution in [0.1, 0.15) is 39.5 Å². The summed E-state index contributed by atoms with van der Waals surface area (Å²) < 4.78 is 10.3. The van der Waals surface area contributed by atoms with E-state index in [0.717, 1.165) is 52.0 Å². The molecule has 0 aromatic heterocycles. The number of nitrogens with zero attached hydrogens (tertiary/aromatic N) is 1. The fraction of sp³-hybridized carbons (Fsp3) is 0.933. The number of methoxy groups -OCH3 is 1. The van der Waals surface area contributed by atoms with Crippen LogP contribution >= 0.6 is 0 Å². The van der Waals surface area contributed by atoms with Crippen LogP contribution in [0.5, 0.6) is 0 Å². The number of carbonyl (C=O) groups excluding carboxylic acids is 1. The molecule has 2 atom stereocenters. The van der Waals surface area contributed by atoms with E-state index in [9.17, 15) is 4.79 Å². The SMILES string of the molecule is CCCNC(C)(CCCN(C)C1CCOC1)C(=O)OC. The van der Waals surface area contributed by atoms with Crippen molar-refractivity contribution in [2.24, 2.45) is 0 Å². The van der Waals surface area contributed by atoms with Gasteiger partial charge in [0.05, 0.1) is 13.7 Å². The van der Waals surface area contributed by atoms with Gasteiger partial charge in [-0.2, -0.15) is 0 Å². The van der Waals surface area contributed by atoms with Gasteiger partial charge >= 0.3 is 5.97 Å². The molecule has 1 rings (SSSR count). The number of hydrogen-bond donors (Lipinski definition) is 1. The van der Waals surface area contributed by atoms with Crippen molar-refractivity contribution >= 4 is 5.97 Å². The minimum atomic E-state index is -0.572. The lowest BCUT2D eigenvalue weighted by atomic mass is 9.95. The van der Waals surface area contributed by atoms with Crippen molar-refractivity contribution in [3.05, 3.63) is 0 Å². The summed E-state index contributed by atoms with van der Waals surface area (Å²) in [5.74, 6) is -0.169. The summed E-state index contributed by atoms with van der Waals surface area (Å²) in [6, 6.07) is 0.531. The van der Waals surface area contributed by atoms with Gasteiger partial charge in [0.25, 0.3) is 0 Å². The molecule has 0 aromatic rings. The Balaban J connectivity index is 2.39. The lowest BCUT2D eigenvalue weighted by Gasteiger charge is -2.29. The lowest BCUT2D eigenvalue weighted by Crippen LogP contribution is -2.50. The van der Waals surface area contributed by atoms with Crippen molar-refractivity contribution in [3.8, 4) is 0 Å². The monoisotopic (exact) mass is 286 g/mol. The van der Waals surface area contributed by atoms with E-state index < -0.39 is 5.54 Å². The third-order valence-electron chi connectivity index (χ3n) is 4.12. The number of nitrogens with one attached hydrogen (secondary N) is 1. The van der Waals surface area contributed by atoms with E-state index in [2.05, 4.69) is 24.2 Å². The molecule has 20 heavy (non-hydrogen) atoms. The summed E-state index contributed by atoms with van der Waals surface area (Å²) in [5.41, 5.74) is -0.572. The van der Waals surface area contributed by atoms with Crippen LogP contribution in [-0.4, -0.2) is 62.9 Å². The second-order valence-corrected chi connectivity index (χ2v) is 5.85. The van der Waals surface area contributed by atoms with Crippen LogP contribution < -0.4 is 5.32 Å². The van der Waals surface area contributed by atoms with E-state index in [-0.39, 0.29) is 5.97 Å². The first-order chi connectivity index (χ1) is 9.53. The van der Waals surface area contributed by atoms with Crippen LogP contribution in [0.15, 0.2) is 0 Å². The maximum Gasteiger partial charge on any atom is 0.325 e. The molecule has 0 aromatic carbocycles. The van der Waals surface area contributed by atoms with E-state index >= 15 is 0 Å². The molecular weight excluding hydrogens is 256 g/mol. The zero-order valence-corrected chi connectivity index (χ0v) is 13.4. The molecule has 1 N–H and O–H groups in total. The molecule has 0 bridgehead atoms. The quantitative estimate of drug-likeness (QED) is 0.650. The molecule has 1 aliphatic rings. The minimum Gasteiger partial charge on any atom is -0.468 e. The zero-order valence-electron chi connectivity index (χ0n) is 13.4. The number of hydrogen-bond acceptors (Lipinski definition) is 5. The molecule has 1 saturated heterocycles. The number of esters is 1. The Labute approximate surface area is 123 Å². The first kappa shape index (κ1) is 17.4. The molecule has 1 aliphatic heterocycles.